The number of ether oxygens (including phenoxy) is 1. The third-order valence-corrected chi connectivity index (χ3v) is 4.56. The van der Waals surface area contributed by atoms with Crippen LogP contribution < -0.4 is 15.8 Å². The number of nitrogens with two attached hydrogens (primary N) is 1. The van der Waals surface area contributed by atoms with Crippen LogP contribution in [0.1, 0.15) is 16.1 Å². The number of amides is 2. The van der Waals surface area contributed by atoms with E-state index in [-0.39, 0.29) is 12.3 Å². The molecule has 0 aliphatic carbocycles. The number of benzene rings is 2. The molecule has 1 aromatic heterocycles. The first-order valence-corrected chi connectivity index (χ1v) is 8.71. The minimum Gasteiger partial charge on any atom is -0.497 e. The van der Waals surface area contributed by atoms with E-state index in [1.54, 1.807) is 36.8 Å². The number of nitrogens with zero attached hydrogens (tertiary/aromatic N) is 1. The van der Waals surface area contributed by atoms with Gasteiger partial charge in [-0.3, -0.25) is 9.59 Å². The topological polar surface area (TPSA) is 94.3 Å². The van der Waals surface area contributed by atoms with Crippen molar-refractivity contribution in [2.24, 2.45) is 5.73 Å². The molecule has 7 heteroatoms. The number of anilines is 1. The minimum atomic E-state index is -0.393. The molecule has 26 heavy (non-hydrogen) atoms. The Bertz CT molecular complexity index is 918. The van der Waals surface area contributed by atoms with E-state index in [1.165, 1.54) is 11.3 Å². The zero-order valence-corrected chi connectivity index (χ0v) is 14.9. The second kappa shape index (κ2) is 7.79. The fraction of sp³-hybridized carbons (Fsp3) is 0.105. The predicted molar refractivity (Wildman–Crippen MR) is 101 cm³/mol. The summed E-state index contributed by atoms with van der Waals surface area (Å²) >= 11 is 1.40. The fourth-order valence-electron chi connectivity index (χ4n) is 2.35. The number of hydrogen-bond donors (Lipinski definition) is 2. The first-order valence-electron chi connectivity index (χ1n) is 7.83. The molecular weight excluding hydrogens is 350 g/mol. The van der Waals surface area contributed by atoms with E-state index in [9.17, 15) is 9.59 Å². The summed E-state index contributed by atoms with van der Waals surface area (Å²) in [6.45, 7) is 0. The third-order valence-electron chi connectivity index (χ3n) is 3.66. The number of methoxy groups -OCH3 is 1. The summed E-state index contributed by atoms with van der Waals surface area (Å²) in [5.41, 5.74) is 7.86. The van der Waals surface area contributed by atoms with E-state index in [1.807, 2.05) is 24.3 Å². The molecule has 0 radical (unpaired) electrons. The summed E-state index contributed by atoms with van der Waals surface area (Å²) in [4.78, 5) is 27.7. The van der Waals surface area contributed by atoms with Gasteiger partial charge in [0.2, 0.25) is 5.91 Å². The highest BCUT2D eigenvalue weighted by atomic mass is 32.1. The average Bonchev–Trinajstić information content (AvgIpc) is 3.13. The quantitative estimate of drug-likeness (QED) is 0.700. The molecule has 0 saturated carbocycles. The predicted octanol–water partition coefficient (Wildman–Crippen LogP) is 3.10. The Morgan fingerprint density at radius 2 is 1.81 bits per heavy atom. The Labute approximate surface area is 154 Å². The molecule has 0 spiro atoms. The first kappa shape index (κ1) is 17.6. The highest BCUT2D eigenvalue weighted by Gasteiger charge is 2.12. The van der Waals surface area contributed by atoms with Crippen LogP contribution in [0.3, 0.4) is 0 Å². The number of nitrogens with one attached hydrogen (secondary N) is 1. The average molecular weight is 367 g/mol. The molecule has 0 unspecified atom stereocenters. The number of rotatable bonds is 6. The molecule has 0 atom stereocenters. The normalized spacial score (nSPS) is 10.3. The van der Waals surface area contributed by atoms with Crippen LogP contribution in [-0.2, 0) is 11.2 Å². The number of aromatic nitrogens is 1. The summed E-state index contributed by atoms with van der Waals surface area (Å²) in [7, 11) is 1.61. The van der Waals surface area contributed by atoms with Crippen molar-refractivity contribution < 1.29 is 14.3 Å². The van der Waals surface area contributed by atoms with Crippen molar-refractivity contribution in [1.29, 1.82) is 0 Å². The van der Waals surface area contributed by atoms with Gasteiger partial charge >= 0.3 is 0 Å². The zero-order valence-electron chi connectivity index (χ0n) is 14.1. The molecule has 3 rings (SSSR count). The molecule has 132 valence electrons. The Balaban J connectivity index is 1.68. The van der Waals surface area contributed by atoms with Crippen LogP contribution in [0.4, 0.5) is 5.69 Å². The van der Waals surface area contributed by atoms with Crippen molar-refractivity contribution in [3.8, 4) is 16.3 Å². The van der Waals surface area contributed by atoms with Crippen LogP contribution in [-0.4, -0.2) is 23.9 Å². The number of hydrogen-bond acceptors (Lipinski definition) is 5. The van der Waals surface area contributed by atoms with Crippen molar-refractivity contribution >= 4 is 28.8 Å². The maximum Gasteiger partial charge on any atom is 0.275 e. The van der Waals surface area contributed by atoms with Gasteiger partial charge in [0.25, 0.3) is 5.91 Å². The van der Waals surface area contributed by atoms with E-state index >= 15 is 0 Å². The van der Waals surface area contributed by atoms with E-state index < -0.39 is 5.91 Å². The lowest BCUT2D eigenvalue weighted by molar-refractivity contribution is -0.117. The van der Waals surface area contributed by atoms with E-state index in [0.29, 0.717) is 11.4 Å². The van der Waals surface area contributed by atoms with Crippen LogP contribution in [0.25, 0.3) is 10.6 Å². The second-order valence-electron chi connectivity index (χ2n) is 5.56. The van der Waals surface area contributed by atoms with Crippen molar-refractivity contribution in [3.05, 3.63) is 65.2 Å². The van der Waals surface area contributed by atoms with Crippen molar-refractivity contribution in [2.75, 3.05) is 12.4 Å². The zero-order chi connectivity index (χ0) is 18.5. The van der Waals surface area contributed by atoms with Gasteiger partial charge in [0.1, 0.15) is 16.5 Å². The molecule has 0 fully saturated rings. The third kappa shape index (κ3) is 4.25. The lowest BCUT2D eigenvalue weighted by Crippen LogP contribution is -2.14. The summed E-state index contributed by atoms with van der Waals surface area (Å²) in [6, 6.07) is 14.5. The highest BCUT2D eigenvalue weighted by Crippen LogP contribution is 2.26. The van der Waals surface area contributed by atoms with Gasteiger partial charge in [-0.2, -0.15) is 0 Å². The summed E-state index contributed by atoms with van der Waals surface area (Å²) in [6.07, 6.45) is 0.172. The summed E-state index contributed by atoms with van der Waals surface area (Å²) in [5.74, 6) is 0.0852. The maximum absolute atomic E-state index is 12.4. The number of thiazole rings is 1. The lowest BCUT2D eigenvalue weighted by Gasteiger charge is -2.04. The molecule has 0 aliphatic rings. The molecule has 0 aliphatic heterocycles. The molecule has 3 aromatic rings. The molecule has 0 bridgehead atoms. The standard InChI is InChI=1S/C19H17N3O3S/c1-25-15-8-4-13(5-9-15)19-22-16(11-26-19)18(24)21-14-6-2-12(3-7-14)10-17(20)23/h2-9,11H,10H2,1H3,(H2,20,23)(H,21,24). The largest absolute Gasteiger partial charge is 0.497 e. The van der Waals surface area contributed by atoms with Gasteiger partial charge < -0.3 is 15.8 Å². The van der Waals surface area contributed by atoms with E-state index in [4.69, 9.17) is 10.5 Å². The Morgan fingerprint density at radius 3 is 2.42 bits per heavy atom. The summed E-state index contributed by atoms with van der Waals surface area (Å²) < 4.78 is 5.14. The number of primary amides is 1. The van der Waals surface area contributed by atoms with E-state index in [2.05, 4.69) is 10.3 Å². The lowest BCUT2D eigenvalue weighted by atomic mass is 10.1. The smallest absolute Gasteiger partial charge is 0.275 e. The van der Waals surface area contributed by atoms with Gasteiger partial charge in [0, 0.05) is 16.6 Å². The van der Waals surface area contributed by atoms with Crippen LogP contribution >= 0.6 is 11.3 Å². The van der Waals surface area contributed by atoms with Gasteiger partial charge in [-0.1, -0.05) is 12.1 Å². The molecule has 0 saturated heterocycles. The first-order chi connectivity index (χ1) is 12.5. The number of carbonyl (C=O) groups excluding carboxylic acids is 2. The highest BCUT2D eigenvalue weighted by molar-refractivity contribution is 7.13. The van der Waals surface area contributed by atoms with Crippen LogP contribution in [0, 0.1) is 0 Å². The molecule has 6 nitrogen and oxygen atoms in total. The minimum absolute atomic E-state index is 0.172. The SMILES string of the molecule is COc1ccc(-c2nc(C(=O)Nc3ccc(CC(N)=O)cc3)cs2)cc1. The van der Waals surface area contributed by atoms with Gasteiger partial charge in [-0.25, -0.2) is 4.98 Å². The van der Waals surface area contributed by atoms with Crippen molar-refractivity contribution in [3.63, 3.8) is 0 Å². The maximum atomic E-state index is 12.4. The molecule has 2 aromatic carbocycles. The monoisotopic (exact) mass is 367 g/mol. The van der Waals surface area contributed by atoms with Crippen LogP contribution in [0.2, 0.25) is 0 Å². The van der Waals surface area contributed by atoms with Crippen LogP contribution in [0.5, 0.6) is 5.75 Å². The Kier molecular flexibility index (Phi) is 5.28. The van der Waals surface area contributed by atoms with Gasteiger partial charge in [0.15, 0.2) is 0 Å². The Hall–Kier alpha value is -3.19. The van der Waals surface area contributed by atoms with E-state index in [0.717, 1.165) is 21.9 Å². The van der Waals surface area contributed by atoms with Crippen molar-refractivity contribution in [1.82, 2.24) is 4.98 Å². The van der Waals surface area contributed by atoms with Gasteiger partial charge in [-0.15, -0.1) is 11.3 Å². The van der Waals surface area contributed by atoms with Crippen LogP contribution in [0.15, 0.2) is 53.9 Å². The Morgan fingerprint density at radius 1 is 1.12 bits per heavy atom. The second-order valence-corrected chi connectivity index (χ2v) is 6.42. The van der Waals surface area contributed by atoms with Gasteiger partial charge in [0.05, 0.1) is 13.5 Å². The van der Waals surface area contributed by atoms with Crippen molar-refractivity contribution in [2.45, 2.75) is 6.42 Å². The molecular formula is C19H17N3O3S. The number of carbonyl (C=O) groups is 2. The molecule has 2 amide bonds. The van der Waals surface area contributed by atoms with Gasteiger partial charge in [-0.05, 0) is 42.0 Å². The molecule has 1 heterocycles. The fourth-order valence-corrected chi connectivity index (χ4v) is 3.15. The summed E-state index contributed by atoms with van der Waals surface area (Å²) in [5, 5.41) is 5.27. The molecule has 3 N–H and O–H groups in total.